The smallest absolute Gasteiger partial charge is 0.302 e. The van der Waals surface area contributed by atoms with Crippen LogP contribution in [0.5, 0.6) is 0 Å². The van der Waals surface area contributed by atoms with E-state index in [1.54, 1.807) is 0 Å². The van der Waals surface area contributed by atoms with Crippen molar-refractivity contribution in [2.24, 2.45) is 0 Å². The third-order valence-corrected chi connectivity index (χ3v) is 1.94. The molecule has 0 aliphatic heterocycles. The van der Waals surface area contributed by atoms with Gasteiger partial charge in [-0.2, -0.15) is 0 Å². The zero-order valence-electron chi connectivity index (χ0n) is 9.57. The van der Waals surface area contributed by atoms with Crippen LogP contribution in [0, 0.1) is 0 Å². The molecule has 0 aromatic rings. The number of unbranched alkanes of at least 4 members (excludes halogenated alkanes) is 3. The summed E-state index contributed by atoms with van der Waals surface area (Å²) < 4.78 is 4.96. The van der Waals surface area contributed by atoms with E-state index < -0.39 is 0 Å². The van der Waals surface area contributed by atoms with Crippen molar-refractivity contribution in [2.75, 3.05) is 0 Å². The van der Waals surface area contributed by atoms with E-state index in [1.165, 1.54) is 6.92 Å². The van der Waals surface area contributed by atoms with Crippen molar-refractivity contribution < 1.29 is 14.3 Å². The third kappa shape index (κ3) is 10.8. The second-order valence-electron chi connectivity index (χ2n) is 3.58. The van der Waals surface area contributed by atoms with Gasteiger partial charge in [0.1, 0.15) is 12.4 Å². The zero-order chi connectivity index (χ0) is 11.5. The fraction of sp³-hybridized carbons (Fsp3) is 0.667. The van der Waals surface area contributed by atoms with Crippen molar-refractivity contribution >= 4 is 12.3 Å². The first kappa shape index (κ1) is 13.9. The number of carbonyl (C=O) groups is 2. The van der Waals surface area contributed by atoms with E-state index in [-0.39, 0.29) is 12.1 Å². The van der Waals surface area contributed by atoms with Crippen LogP contribution in [0.4, 0.5) is 0 Å². The van der Waals surface area contributed by atoms with E-state index in [0.29, 0.717) is 6.42 Å². The Labute approximate surface area is 91.5 Å². The first-order valence-corrected chi connectivity index (χ1v) is 5.42. The maximum Gasteiger partial charge on any atom is 0.302 e. The maximum absolute atomic E-state index is 10.6. The first-order chi connectivity index (χ1) is 7.16. The molecule has 3 nitrogen and oxygen atoms in total. The largest absolute Gasteiger partial charge is 0.463 e. The number of hydrogen-bond donors (Lipinski definition) is 0. The van der Waals surface area contributed by atoms with Gasteiger partial charge in [-0.15, -0.1) is 0 Å². The van der Waals surface area contributed by atoms with Gasteiger partial charge in [0, 0.05) is 19.8 Å². The molecule has 15 heavy (non-hydrogen) atoms. The number of allylic oxidation sites excluding steroid dienone is 1. The van der Waals surface area contributed by atoms with Gasteiger partial charge in [-0.1, -0.05) is 12.2 Å². The van der Waals surface area contributed by atoms with Gasteiger partial charge in [0.05, 0.1) is 0 Å². The summed E-state index contributed by atoms with van der Waals surface area (Å²) in [6, 6.07) is 0. The maximum atomic E-state index is 10.6. The van der Waals surface area contributed by atoms with Gasteiger partial charge in [-0.05, 0) is 26.2 Å². The van der Waals surface area contributed by atoms with Crippen molar-refractivity contribution in [2.45, 2.75) is 52.1 Å². The molecule has 86 valence electrons. The highest BCUT2D eigenvalue weighted by Crippen LogP contribution is 2.02. The molecule has 0 aromatic heterocycles. The van der Waals surface area contributed by atoms with Crippen LogP contribution in [-0.2, 0) is 14.3 Å². The molecule has 0 aliphatic rings. The monoisotopic (exact) mass is 212 g/mol. The zero-order valence-corrected chi connectivity index (χ0v) is 9.57. The Morgan fingerprint density at radius 3 is 2.53 bits per heavy atom. The van der Waals surface area contributed by atoms with Gasteiger partial charge in [0.15, 0.2) is 0 Å². The second kappa shape index (κ2) is 9.44. The van der Waals surface area contributed by atoms with E-state index in [0.717, 1.165) is 32.0 Å². The van der Waals surface area contributed by atoms with Crippen LogP contribution in [-0.4, -0.2) is 18.4 Å². The van der Waals surface area contributed by atoms with Gasteiger partial charge in [0.2, 0.25) is 0 Å². The Hall–Kier alpha value is -1.12. The van der Waals surface area contributed by atoms with Crippen LogP contribution in [0.1, 0.15) is 46.0 Å². The quantitative estimate of drug-likeness (QED) is 0.269. The van der Waals surface area contributed by atoms with E-state index >= 15 is 0 Å². The summed E-state index contributed by atoms with van der Waals surface area (Å²) in [6.07, 6.45) is 9.38. The molecular weight excluding hydrogens is 192 g/mol. The van der Waals surface area contributed by atoms with Crippen molar-refractivity contribution in [1.29, 1.82) is 0 Å². The summed E-state index contributed by atoms with van der Waals surface area (Å²) >= 11 is 0. The minimum Gasteiger partial charge on any atom is -0.463 e. The summed E-state index contributed by atoms with van der Waals surface area (Å²) in [5.74, 6) is -0.234. The van der Waals surface area contributed by atoms with Crippen LogP contribution in [0.2, 0.25) is 0 Å². The number of rotatable bonds is 8. The van der Waals surface area contributed by atoms with Crippen molar-refractivity contribution in [3.8, 4) is 0 Å². The van der Waals surface area contributed by atoms with E-state index in [2.05, 4.69) is 6.08 Å². The van der Waals surface area contributed by atoms with Crippen LogP contribution >= 0.6 is 0 Å². The molecule has 0 bridgehead atoms. The number of esters is 1. The topological polar surface area (TPSA) is 43.4 Å². The Morgan fingerprint density at radius 2 is 1.93 bits per heavy atom. The summed E-state index contributed by atoms with van der Waals surface area (Å²) in [5.41, 5.74) is 0. The predicted molar refractivity (Wildman–Crippen MR) is 59.5 cm³/mol. The van der Waals surface area contributed by atoms with Gasteiger partial charge in [0.25, 0.3) is 0 Å². The molecule has 0 fully saturated rings. The summed E-state index contributed by atoms with van der Waals surface area (Å²) in [7, 11) is 0. The number of carbonyl (C=O) groups excluding carboxylic acids is 2. The lowest BCUT2D eigenvalue weighted by Gasteiger charge is -2.08. The molecular formula is C12H20O3. The van der Waals surface area contributed by atoms with Crippen LogP contribution in [0.25, 0.3) is 0 Å². The van der Waals surface area contributed by atoms with Crippen molar-refractivity contribution in [3.05, 3.63) is 12.2 Å². The highest BCUT2D eigenvalue weighted by Gasteiger charge is 2.01. The lowest BCUT2D eigenvalue weighted by Crippen LogP contribution is -2.10. The summed E-state index contributed by atoms with van der Waals surface area (Å²) in [6.45, 7) is 3.29. The lowest BCUT2D eigenvalue weighted by molar-refractivity contribution is -0.145. The van der Waals surface area contributed by atoms with E-state index in [9.17, 15) is 9.59 Å². The summed E-state index contributed by atoms with van der Waals surface area (Å²) in [5, 5.41) is 0. The molecule has 0 spiro atoms. The lowest BCUT2D eigenvalue weighted by atomic mass is 10.2. The van der Waals surface area contributed by atoms with Crippen LogP contribution < -0.4 is 0 Å². The van der Waals surface area contributed by atoms with E-state index in [4.69, 9.17) is 4.74 Å². The van der Waals surface area contributed by atoms with Gasteiger partial charge < -0.3 is 9.53 Å². The normalized spacial score (nSPS) is 12.7. The first-order valence-electron chi connectivity index (χ1n) is 5.42. The van der Waals surface area contributed by atoms with Gasteiger partial charge in [-0.3, -0.25) is 4.79 Å². The van der Waals surface area contributed by atoms with Crippen LogP contribution in [0.15, 0.2) is 12.2 Å². The molecule has 0 aromatic carbocycles. The van der Waals surface area contributed by atoms with E-state index in [1.807, 2.05) is 13.0 Å². The molecule has 0 aliphatic carbocycles. The second-order valence-corrected chi connectivity index (χ2v) is 3.58. The molecule has 0 N–H and O–H groups in total. The van der Waals surface area contributed by atoms with Crippen molar-refractivity contribution in [1.82, 2.24) is 0 Å². The standard InChI is InChI=1S/C12H20O3/c1-11(15-12(2)14)9-7-5-3-4-6-8-10-13/h5,7,10-11H,3-4,6,8-9H2,1-2H3/b7-5+. The Morgan fingerprint density at radius 1 is 1.27 bits per heavy atom. The molecule has 0 rings (SSSR count). The molecule has 0 saturated heterocycles. The average Bonchev–Trinajstić information content (AvgIpc) is 2.15. The highest BCUT2D eigenvalue weighted by atomic mass is 16.5. The SMILES string of the molecule is CC(=O)OC(C)C/C=C/CCCCC=O. The molecule has 0 amide bonds. The highest BCUT2D eigenvalue weighted by molar-refractivity contribution is 5.66. The fourth-order valence-electron chi connectivity index (χ4n) is 1.23. The molecule has 3 heteroatoms. The molecule has 1 atom stereocenters. The van der Waals surface area contributed by atoms with Crippen LogP contribution in [0.3, 0.4) is 0 Å². The van der Waals surface area contributed by atoms with Crippen molar-refractivity contribution in [3.63, 3.8) is 0 Å². The number of aldehydes is 1. The van der Waals surface area contributed by atoms with Gasteiger partial charge >= 0.3 is 5.97 Å². The summed E-state index contributed by atoms with van der Waals surface area (Å²) in [4.78, 5) is 20.6. The molecule has 0 saturated carbocycles. The molecule has 0 radical (unpaired) electrons. The molecule has 1 unspecified atom stereocenters. The molecule has 0 heterocycles. The Bertz CT molecular complexity index is 209. The fourth-order valence-corrected chi connectivity index (χ4v) is 1.23. The minimum atomic E-state index is -0.234. The third-order valence-electron chi connectivity index (χ3n) is 1.94. The number of ether oxygens (including phenoxy) is 1. The number of hydrogen-bond acceptors (Lipinski definition) is 3. The van der Waals surface area contributed by atoms with Gasteiger partial charge in [-0.25, -0.2) is 0 Å². The Balaban J connectivity index is 3.36. The minimum absolute atomic E-state index is 0.0475. The Kier molecular flexibility index (Phi) is 8.73. The average molecular weight is 212 g/mol. The predicted octanol–water partition coefficient (Wildman–Crippen LogP) is 2.64.